The van der Waals surface area contributed by atoms with Crippen molar-refractivity contribution in [2.24, 2.45) is 0 Å². The van der Waals surface area contributed by atoms with Gasteiger partial charge in [-0.15, -0.1) is 0 Å². The van der Waals surface area contributed by atoms with E-state index in [1.807, 2.05) is 0 Å². The SMILES string of the molecule is O.O.O.O=C([O-])[O-].O=C([O-])[O-].O=C([O-])[O-].O=C([O-])[O-].O=C([O-])[O-].O=C([O-])[O-].O=C([O-])[O-].O=C([O-])[O-].[La+3].[La+3].[La+3].[Nd+3].[Nd+3].[Nd+3].[OH-].[OH-].[OH-].[OH-].[OH-].[OH-].[OH-].[OH-].[Pb+2].[Pb+2].[Pb+2]. The molecule has 0 atom stereocenters. The molecule has 0 aromatic rings. The number of hydrogen-bond donors (Lipinski definition) is 0. The summed E-state index contributed by atoms with van der Waals surface area (Å²) in [5.74, 6) is 0. The van der Waals surface area contributed by atoms with Crippen LogP contribution >= 0.6 is 0 Å². The van der Waals surface area contributed by atoms with Gasteiger partial charge in [0.05, 0.1) is 0 Å². The molecule has 35 nitrogen and oxygen atoms in total. The molecule has 0 spiro atoms. The summed E-state index contributed by atoms with van der Waals surface area (Å²) in [6.07, 6.45) is -18.7. The molecular formula is C8H14La3Nd3O35Pb3. The molecule has 0 aliphatic rings. The molecule has 52 heavy (non-hydrogen) atoms. The fraction of sp³-hybridized carbons (Fsp3) is 0. The van der Waals surface area contributed by atoms with Crippen molar-refractivity contribution in [3.8, 4) is 0 Å². The standard InChI is InChI=1S/8CH2O3.3La.3Nd.11H2O.3Pb/c8*2-1(3)4;;;;;;;;;;;;;;;;;;;;/h8*(H2,2,3,4);;;;;;;11*1H2;;;/q;;;;;;;;6*+3;;;;;;;;;;;;3*+2/p-24. The van der Waals surface area contributed by atoms with Crippen LogP contribution in [0.15, 0.2) is 0 Å². The second-order valence-corrected chi connectivity index (χ2v) is 2.00. The molecule has 0 fully saturated rings. The van der Waals surface area contributed by atoms with Crippen LogP contribution in [-0.4, -0.2) is 191 Å². The maximum atomic E-state index is 8.33. The number of hydrogen-bond acceptors (Lipinski definition) is 32. The Labute approximate surface area is 529 Å². The Bertz CT molecular complexity index is 407. The molecule has 0 aliphatic carbocycles. The Morgan fingerprint density at radius 2 is 0.212 bits per heavy atom. The van der Waals surface area contributed by atoms with Crippen LogP contribution in [0.5, 0.6) is 0 Å². The molecule has 289 valence electrons. The molecule has 0 bridgehead atoms. The van der Waals surface area contributed by atoms with Crippen LogP contribution < -0.4 is 81.7 Å². The van der Waals surface area contributed by atoms with Gasteiger partial charge in [-0.3, -0.25) is 0 Å². The molecule has 0 aromatic carbocycles. The fourth-order valence-corrected chi connectivity index (χ4v) is 0. The van der Waals surface area contributed by atoms with Crippen molar-refractivity contribution in [1.29, 1.82) is 0 Å². The zero-order valence-corrected chi connectivity index (χ0v) is 55.8. The average molecular weight is 2140 g/mol. The van der Waals surface area contributed by atoms with Gasteiger partial charge in [-0.25, -0.2) is 0 Å². The van der Waals surface area contributed by atoms with Gasteiger partial charge in [-0.1, -0.05) is 0 Å². The summed E-state index contributed by atoms with van der Waals surface area (Å²) in [7, 11) is 0. The van der Waals surface area contributed by atoms with Gasteiger partial charge >= 0.3 is 311 Å². The number of carbonyl (C=O) groups is 8. The zero-order valence-electron chi connectivity index (χ0n) is 23.6. The van der Waals surface area contributed by atoms with Crippen molar-refractivity contribution in [2.45, 2.75) is 0 Å². The molecule has 14 N–H and O–H groups in total. The maximum Gasteiger partial charge on any atom is 3.00 e. The van der Waals surface area contributed by atoms with E-state index in [1.165, 1.54) is 0 Å². The van der Waals surface area contributed by atoms with Crippen LogP contribution in [0.4, 0.5) is 38.4 Å². The molecule has 0 saturated heterocycles. The first-order valence-corrected chi connectivity index (χ1v) is 4.90. The molecule has 44 heteroatoms. The molecule has 0 saturated carbocycles. The van der Waals surface area contributed by atoms with Gasteiger partial charge in [0.15, 0.2) is 0 Å². The van der Waals surface area contributed by atoms with Crippen LogP contribution in [-0.2, 0) is 0 Å². The van der Waals surface area contributed by atoms with E-state index < -0.39 is 49.2 Å². The van der Waals surface area contributed by atoms with Crippen LogP contribution in [0.25, 0.3) is 0 Å². The Kier molecular flexibility index (Phi) is 847. The minimum Gasteiger partial charge on any atom is -0.870 e. The summed E-state index contributed by atoms with van der Waals surface area (Å²) in [6.45, 7) is 0. The normalized spacial score (nSPS) is 3.69. The largest absolute Gasteiger partial charge is 3.00 e. The molecule has 0 aromatic heterocycles. The summed E-state index contributed by atoms with van der Waals surface area (Å²) in [5.41, 5.74) is 0. The van der Waals surface area contributed by atoms with Crippen LogP contribution in [0, 0.1) is 229 Å². The average Bonchev–Trinajstić information content (AvgIpc) is 2.30. The molecule has 9 radical (unpaired) electrons. The summed E-state index contributed by atoms with van der Waals surface area (Å²) in [6, 6.07) is 0. The summed E-state index contributed by atoms with van der Waals surface area (Å²) < 4.78 is 0. The predicted molar refractivity (Wildman–Crippen MR) is 86.8 cm³/mol. The molecular weight excluding hydrogens is 2130 g/mol. The Hall–Kier alpha value is 4.12. The molecule has 0 rings (SSSR count). The Morgan fingerprint density at radius 3 is 0.212 bits per heavy atom. The van der Waals surface area contributed by atoms with E-state index in [1.54, 1.807) is 0 Å². The predicted octanol–water partition coefficient (Wildman–Crippen LogP) is -24.6. The zero-order chi connectivity index (χ0) is 28.6. The Balaban J connectivity index is -0.00000000462. The molecule has 0 amide bonds. The van der Waals surface area contributed by atoms with Crippen LogP contribution in [0.3, 0.4) is 0 Å². The van der Waals surface area contributed by atoms with E-state index >= 15 is 0 Å². The van der Waals surface area contributed by atoms with Gasteiger partial charge < -0.3 is 180 Å². The number of rotatable bonds is 0. The Morgan fingerprint density at radius 1 is 0.212 bits per heavy atom. The summed E-state index contributed by atoms with van der Waals surface area (Å²) >= 11 is 0. The van der Waals surface area contributed by atoms with Crippen molar-refractivity contribution in [1.82, 2.24) is 0 Å². The van der Waals surface area contributed by atoms with Crippen molar-refractivity contribution >= 4 is 131 Å². The summed E-state index contributed by atoms with van der Waals surface area (Å²) in [5, 5.41) is 133. The summed E-state index contributed by atoms with van der Waals surface area (Å²) in [4.78, 5) is 66.7. The van der Waals surface area contributed by atoms with E-state index in [4.69, 9.17) is 120 Å². The van der Waals surface area contributed by atoms with Gasteiger partial charge in [-0.05, 0) is 49.2 Å². The van der Waals surface area contributed by atoms with E-state index in [2.05, 4.69) is 0 Å². The van der Waals surface area contributed by atoms with Gasteiger partial charge in [0.1, 0.15) is 0 Å². The first-order valence-electron chi connectivity index (χ1n) is 4.90. The van der Waals surface area contributed by atoms with E-state index in [0.717, 1.165) is 0 Å². The third-order valence-electron chi connectivity index (χ3n) is 0. The van der Waals surface area contributed by atoms with Crippen molar-refractivity contribution < 1.29 is 410 Å². The fourth-order valence-electron chi connectivity index (χ4n) is 0. The van der Waals surface area contributed by atoms with E-state index in [-0.39, 0.29) is 371 Å². The van der Waals surface area contributed by atoms with Crippen molar-refractivity contribution in [2.75, 3.05) is 0 Å². The molecule has 0 aliphatic heterocycles. The first kappa shape index (κ1) is 216. The number of carbonyl (C=O) groups excluding carboxylic acids is 8. The van der Waals surface area contributed by atoms with Crippen LogP contribution in [0.1, 0.15) is 0 Å². The van der Waals surface area contributed by atoms with Gasteiger partial charge in [0, 0.05) is 0 Å². The molecule has 0 unspecified atom stereocenters. The van der Waals surface area contributed by atoms with Gasteiger partial charge in [-0.2, -0.15) is 0 Å². The molecule has 0 heterocycles. The third-order valence-corrected chi connectivity index (χ3v) is 0. The van der Waals surface area contributed by atoms with E-state index in [9.17, 15) is 0 Å². The minimum atomic E-state index is -2.33. The van der Waals surface area contributed by atoms with Gasteiger partial charge in [0.25, 0.3) is 0 Å². The van der Waals surface area contributed by atoms with Crippen molar-refractivity contribution in [3.05, 3.63) is 0 Å². The van der Waals surface area contributed by atoms with Gasteiger partial charge in [0.2, 0.25) is 0 Å². The smallest absolute Gasteiger partial charge is 0.870 e. The topological polar surface area (TPSA) is 840 Å². The third kappa shape index (κ3) is 8990. The van der Waals surface area contributed by atoms with Crippen molar-refractivity contribution in [3.63, 3.8) is 0 Å². The number of carboxylic acid groups (broad SMARTS) is 16. The second kappa shape index (κ2) is 204. The first-order chi connectivity index (χ1) is 13.9. The van der Waals surface area contributed by atoms with E-state index in [0.29, 0.717) is 0 Å². The van der Waals surface area contributed by atoms with Crippen LogP contribution in [0.2, 0.25) is 0 Å². The quantitative estimate of drug-likeness (QED) is 0.203. The second-order valence-electron chi connectivity index (χ2n) is 2.00. The monoisotopic (exact) mass is 2140 g/mol. The minimum absolute atomic E-state index is 0. The maximum absolute atomic E-state index is 8.33.